The molecule has 1 fully saturated rings. The molecule has 12 heteroatoms. The van der Waals surface area contributed by atoms with Crippen molar-refractivity contribution in [1.82, 2.24) is 35.6 Å². The van der Waals surface area contributed by atoms with Gasteiger partial charge >= 0.3 is 0 Å². The zero-order valence-corrected chi connectivity index (χ0v) is 17.7. The Morgan fingerprint density at radius 1 is 1.35 bits per heavy atom. The lowest BCUT2D eigenvalue weighted by atomic mass is 9.99. The molecule has 0 bridgehead atoms. The van der Waals surface area contributed by atoms with Gasteiger partial charge in [-0.3, -0.25) is 9.69 Å². The van der Waals surface area contributed by atoms with Gasteiger partial charge in [0, 0.05) is 17.1 Å². The highest BCUT2D eigenvalue weighted by Crippen LogP contribution is 2.21. The van der Waals surface area contributed by atoms with E-state index in [4.69, 9.17) is 17.3 Å². The molecule has 3 N–H and O–H groups in total. The standard InChI is InChI=1S/C19H22ClN9O2/c1-12-6-8-28(9-7-12)11-15-16(23-27-29(15)18-17(21)25-31-26-18)19(30)24-22-10-13-4-2-3-5-14(13)20/h2-5,10,12H,6-9,11H2,1H3,(H2,21,25)(H,24,30)/b22-10+. The molecule has 11 nitrogen and oxygen atoms in total. The fourth-order valence-corrected chi connectivity index (χ4v) is 3.54. The molecule has 0 spiro atoms. The summed E-state index contributed by atoms with van der Waals surface area (Å²) in [5, 5.41) is 20.0. The highest BCUT2D eigenvalue weighted by Gasteiger charge is 2.26. The van der Waals surface area contributed by atoms with Gasteiger partial charge in [0.15, 0.2) is 5.69 Å². The molecule has 0 atom stereocenters. The number of likely N-dealkylation sites (tertiary alicyclic amines) is 1. The zero-order valence-electron chi connectivity index (χ0n) is 16.9. The van der Waals surface area contributed by atoms with Gasteiger partial charge in [-0.25, -0.2) is 10.1 Å². The van der Waals surface area contributed by atoms with Gasteiger partial charge in [-0.2, -0.15) is 9.78 Å². The van der Waals surface area contributed by atoms with Gasteiger partial charge in [0.1, 0.15) is 0 Å². The quantitative estimate of drug-likeness (QED) is 0.434. The minimum absolute atomic E-state index is 0.0575. The van der Waals surface area contributed by atoms with Crippen LogP contribution in [0.25, 0.3) is 5.82 Å². The minimum atomic E-state index is -0.509. The third kappa shape index (κ3) is 4.72. The highest BCUT2D eigenvalue weighted by atomic mass is 35.5. The average Bonchev–Trinajstić information content (AvgIpc) is 3.36. The van der Waals surface area contributed by atoms with Gasteiger partial charge in [-0.05, 0) is 48.2 Å². The molecule has 4 rings (SSSR count). The van der Waals surface area contributed by atoms with Gasteiger partial charge in [-0.15, -0.1) is 5.10 Å². The van der Waals surface area contributed by atoms with E-state index in [0.29, 0.717) is 28.7 Å². The van der Waals surface area contributed by atoms with E-state index in [0.717, 1.165) is 25.9 Å². The molecule has 0 aliphatic carbocycles. The summed E-state index contributed by atoms with van der Waals surface area (Å²) in [4.78, 5) is 15.1. The molecule has 1 aliphatic rings. The second-order valence-electron chi connectivity index (χ2n) is 7.45. The number of nitrogens with two attached hydrogens (primary N) is 1. The first-order valence-electron chi connectivity index (χ1n) is 9.86. The number of piperidine rings is 1. The monoisotopic (exact) mass is 443 g/mol. The second kappa shape index (κ2) is 9.23. The molecular formula is C19H22ClN9O2. The second-order valence-corrected chi connectivity index (χ2v) is 7.86. The molecule has 0 unspecified atom stereocenters. The number of carbonyl (C=O) groups excluding carboxylic acids is 1. The van der Waals surface area contributed by atoms with E-state index in [2.05, 4.69) is 47.6 Å². The van der Waals surface area contributed by atoms with Crippen LogP contribution in [0.2, 0.25) is 5.02 Å². The molecule has 1 aromatic carbocycles. The lowest BCUT2D eigenvalue weighted by Crippen LogP contribution is -2.34. The first-order chi connectivity index (χ1) is 15.0. The number of carbonyl (C=O) groups is 1. The number of amides is 1. The summed E-state index contributed by atoms with van der Waals surface area (Å²) in [5.74, 6) is 0.412. The highest BCUT2D eigenvalue weighted by molar-refractivity contribution is 6.33. The molecule has 1 aliphatic heterocycles. The molecule has 162 valence electrons. The number of halogens is 1. The van der Waals surface area contributed by atoms with Crippen molar-refractivity contribution in [3.8, 4) is 5.82 Å². The molecule has 3 aromatic rings. The maximum Gasteiger partial charge on any atom is 0.293 e. The van der Waals surface area contributed by atoms with Crippen LogP contribution in [-0.2, 0) is 6.54 Å². The van der Waals surface area contributed by atoms with E-state index < -0.39 is 5.91 Å². The minimum Gasteiger partial charge on any atom is -0.378 e. The van der Waals surface area contributed by atoms with E-state index in [1.807, 2.05) is 12.1 Å². The Morgan fingerprint density at radius 2 is 2.13 bits per heavy atom. The molecule has 1 amide bonds. The summed E-state index contributed by atoms with van der Waals surface area (Å²) in [5.41, 5.74) is 9.64. The number of benzene rings is 1. The third-order valence-electron chi connectivity index (χ3n) is 5.20. The lowest BCUT2D eigenvalue weighted by Gasteiger charge is -2.30. The van der Waals surface area contributed by atoms with Crippen molar-refractivity contribution in [2.75, 3.05) is 18.8 Å². The smallest absolute Gasteiger partial charge is 0.293 e. The van der Waals surface area contributed by atoms with Gasteiger partial charge in [0.2, 0.25) is 11.6 Å². The molecule has 1 saturated heterocycles. The van der Waals surface area contributed by atoms with Crippen molar-refractivity contribution in [1.29, 1.82) is 0 Å². The molecule has 0 saturated carbocycles. The van der Waals surface area contributed by atoms with Crippen molar-refractivity contribution in [3.63, 3.8) is 0 Å². The van der Waals surface area contributed by atoms with Crippen LogP contribution < -0.4 is 11.2 Å². The van der Waals surface area contributed by atoms with Crippen LogP contribution in [-0.4, -0.2) is 55.4 Å². The van der Waals surface area contributed by atoms with E-state index in [1.54, 1.807) is 12.1 Å². The van der Waals surface area contributed by atoms with Crippen LogP contribution in [0, 0.1) is 5.92 Å². The van der Waals surface area contributed by atoms with Crippen LogP contribution in [0.15, 0.2) is 34.0 Å². The lowest BCUT2D eigenvalue weighted by molar-refractivity contribution is 0.0947. The topological polar surface area (TPSA) is 140 Å². The predicted molar refractivity (Wildman–Crippen MR) is 114 cm³/mol. The van der Waals surface area contributed by atoms with Crippen molar-refractivity contribution >= 4 is 29.5 Å². The Labute approximate surface area is 183 Å². The summed E-state index contributed by atoms with van der Waals surface area (Å²) in [6, 6.07) is 7.17. The number of nitrogens with zero attached hydrogens (tertiary/aromatic N) is 7. The number of nitrogen functional groups attached to an aromatic ring is 1. The molecular weight excluding hydrogens is 422 g/mol. The van der Waals surface area contributed by atoms with E-state index in [9.17, 15) is 4.79 Å². The number of hydrogen-bond acceptors (Lipinski definition) is 9. The Hall–Kier alpha value is -3.31. The van der Waals surface area contributed by atoms with Crippen LogP contribution in [0.4, 0.5) is 5.82 Å². The maximum absolute atomic E-state index is 12.8. The zero-order chi connectivity index (χ0) is 21.8. The maximum atomic E-state index is 12.8. The van der Waals surface area contributed by atoms with Crippen molar-refractivity contribution in [2.24, 2.45) is 11.0 Å². The van der Waals surface area contributed by atoms with Gasteiger partial charge in [-0.1, -0.05) is 41.9 Å². The first kappa shape index (κ1) is 20.9. The normalized spacial score (nSPS) is 15.5. The first-order valence-corrected chi connectivity index (χ1v) is 10.2. The van der Waals surface area contributed by atoms with E-state index >= 15 is 0 Å². The summed E-state index contributed by atoms with van der Waals surface area (Å²) in [6.07, 6.45) is 3.63. The van der Waals surface area contributed by atoms with Crippen LogP contribution in [0.5, 0.6) is 0 Å². The van der Waals surface area contributed by atoms with Gasteiger partial charge < -0.3 is 5.73 Å². The van der Waals surface area contributed by atoms with E-state index in [1.165, 1.54) is 10.9 Å². The molecule has 31 heavy (non-hydrogen) atoms. The Kier molecular flexibility index (Phi) is 6.23. The average molecular weight is 444 g/mol. The Balaban J connectivity index is 1.57. The van der Waals surface area contributed by atoms with Crippen LogP contribution in [0.1, 0.15) is 41.5 Å². The Morgan fingerprint density at radius 3 is 2.84 bits per heavy atom. The third-order valence-corrected chi connectivity index (χ3v) is 5.54. The largest absolute Gasteiger partial charge is 0.378 e. The van der Waals surface area contributed by atoms with Gasteiger partial charge in [0.05, 0.1) is 11.9 Å². The number of anilines is 1. The number of hydrazone groups is 1. The number of nitrogens with one attached hydrogen (secondary N) is 1. The molecule has 2 aromatic heterocycles. The number of aromatic nitrogens is 5. The summed E-state index contributed by atoms with van der Waals surface area (Å²) < 4.78 is 6.08. The Bertz CT molecular complexity index is 1090. The SMILES string of the molecule is CC1CCN(Cc2c(C(=O)N/N=C/c3ccccc3Cl)nnn2-c2nonc2N)CC1. The summed E-state index contributed by atoms with van der Waals surface area (Å²) >= 11 is 6.11. The van der Waals surface area contributed by atoms with Crippen molar-refractivity contribution < 1.29 is 9.42 Å². The fraction of sp³-hybridized carbons (Fsp3) is 0.368. The van der Waals surface area contributed by atoms with Crippen molar-refractivity contribution in [2.45, 2.75) is 26.3 Å². The van der Waals surface area contributed by atoms with Gasteiger partial charge in [0.25, 0.3) is 5.91 Å². The number of rotatable bonds is 6. The number of hydrogen-bond donors (Lipinski definition) is 2. The van der Waals surface area contributed by atoms with Crippen molar-refractivity contribution in [3.05, 3.63) is 46.2 Å². The van der Waals surface area contributed by atoms with E-state index in [-0.39, 0.29) is 17.3 Å². The van der Waals surface area contributed by atoms with Crippen LogP contribution in [0.3, 0.4) is 0 Å². The predicted octanol–water partition coefficient (Wildman–Crippen LogP) is 1.88. The summed E-state index contributed by atoms with van der Waals surface area (Å²) in [7, 11) is 0. The summed E-state index contributed by atoms with van der Waals surface area (Å²) in [6.45, 7) is 4.50. The molecule has 3 heterocycles. The fourth-order valence-electron chi connectivity index (χ4n) is 3.35. The molecule has 0 radical (unpaired) electrons. The van der Waals surface area contributed by atoms with Crippen LogP contribution >= 0.6 is 11.6 Å².